The molecule has 38 heavy (non-hydrogen) atoms. The third-order valence-electron chi connectivity index (χ3n) is 7.11. The average molecular weight is 507 g/mol. The Morgan fingerprint density at radius 1 is 0.895 bits per heavy atom. The molecule has 0 radical (unpaired) electrons. The van der Waals surface area contributed by atoms with Gasteiger partial charge >= 0.3 is 0 Å². The Morgan fingerprint density at radius 2 is 1.66 bits per heavy atom. The van der Waals surface area contributed by atoms with Crippen LogP contribution in [-0.4, -0.2) is 30.1 Å². The van der Waals surface area contributed by atoms with E-state index in [-0.39, 0.29) is 11.6 Å². The number of fused-ring (bicyclic) bond motifs is 1. The lowest BCUT2D eigenvalue weighted by atomic mass is 10.0. The summed E-state index contributed by atoms with van der Waals surface area (Å²) in [6.07, 6.45) is 0.796. The first kappa shape index (κ1) is 25.5. The van der Waals surface area contributed by atoms with Crippen molar-refractivity contribution in [2.75, 3.05) is 0 Å². The number of aromatic amines is 1. The summed E-state index contributed by atoms with van der Waals surface area (Å²) in [5, 5.41) is 13.9. The number of nitrogens with zero attached hydrogens (tertiary/aromatic N) is 5. The van der Waals surface area contributed by atoms with Gasteiger partial charge in [-0.1, -0.05) is 78.7 Å². The molecule has 7 nitrogen and oxygen atoms in total. The number of hydrogen-bond acceptors (Lipinski definition) is 5. The molecule has 7 heteroatoms. The summed E-state index contributed by atoms with van der Waals surface area (Å²) in [5.41, 5.74) is 7.36. The molecule has 1 N–H and O–H groups in total. The maximum atomic E-state index is 13.3. The van der Waals surface area contributed by atoms with Gasteiger partial charge in [-0.3, -0.25) is 9.69 Å². The largest absolute Gasteiger partial charge is 0.321 e. The van der Waals surface area contributed by atoms with E-state index in [1.54, 1.807) is 0 Å². The van der Waals surface area contributed by atoms with E-state index >= 15 is 0 Å². The van der Waals surface area contributed by atoms with Crippen molar-refractivity contribution in [3.8, 4) is 0 Å². The van der Waals surface area contributed by atoms with Crippen molar-refractivity contribution in [1.82, 2.24) is 30.1 Å². The summed E-state index contributed by atoms with van der Waals surface area (Å²) < 4.78 is 1.88. The highest BCUT2D eigenvalue weighted by atomic mass is 16.1. The number of nitrogens with one attached hydrogen (secondary N) is 1. The maximum absolute atomic E-state index is 13.3. The molecule has 2 heterocycles. The number of aromatic nitrogens is 5. The molecule has 0 aliphatic rings. The molecule has 0 amide bonds. The van der Waals surface area contributed by atoms with Gasteiger partial charge in [0.1, 0.15) is 0 Å². The normalized spacial score (nSPS) is 12.3. The highest BCUT2D eigenvalue weighted by Crippen LogP contribution is 2.27. The van der Waals surface area contributed by atoms with Crippen LogP contribution >= 0.6 is 0 Å². The minimum absolute atomic E-state index is 0.0583. The van der Waals surface area contributed by atoms with E-state index in [4.69, 9.17) is 0 Å². The van der Waals surface area contributed by atoms with Crippen LogP contribution in [0.2, 0.25) is 0 Å². The number of benzene rings is 3. The second-order valence-corrected chi connectivity index (χ2v) is 10.2. The second kappa shape index (κ2) is 11.1. The third kappa shape index (κ3) is 5.58. The van der Waals surface area contributed by atoms with Gasteiger partial charge < -0.3 is 4.98 Å². The number of H-pyrrole nitrogens is 1. The van der Waals surface area contributed by atoms with Crippen molar-refractivity contribution in [1.29, 1.82) is 0 Å². The maximum Gasteiger partial charge on any atom is 0.252 e. The second-order valence-electron chi connectivity index (χ2n) is 10.2. The molecular weight excluding hydrogens is 472 g/mol. The Hall–Kier alpha value is -4.10. The highest BCUT2D eigenvalue weighted by Gasteiger charge is 2.26. The zero-order valence-electron chi connectivity index (χ0n) is 22.5. The lowest BCUT2D eigenvalue weighted by molar-refractivity contribution is 0.161. The fourth-order valence-electron chi connectivity index (χ4n) is 5.20. The molecule has 0 aliphatic carbocycles. The van der Waals surface area contributed by atoms with Crippen LogP contribution in [0.3, 0.4) is 0 Å². The smallest absolute Gasteiger partial charge is 0.252 e. The van der Waals surface area contributed by atoms with Crippen LogP contribution in [-0.2, 0) is 19.6 Å². The molecule has 0 fully saturated rings. The molecule has 1 unspecified atom stereocenters. The van der Waals surface area contributed by atoms with E-state index in [9.17, 15) is 4.79 Å². The van der Waals surface area contributed by atoms with Gasteiger partial charge in [-0.25, -0.2) is 4.68 Å². The van der Waals surface area contributed by atoms with Crippen LogP contribution in [0, 0.1) is 20.8 Å². The van der Waals surface area contributed by atoms with Crippen molar-refractivity contribution in [2.24, 2.45) is 0 Å². The Morgan fingerprint density at radius 3 is 2.39 bits per heavy atom. The predicted octanol–water partition coefficient (Wildman–Crippen LogP) is 5.64. The summed E-state index contributed by atoms with van der Waals surface area (Å²) in [5.74, 6) is 0.798. The van der Waals surface area contributed by atoms with Gasteiger partial charge in [0.25, 0.3) is 5.56 Å². The van der Waals surface area contributed by atoms with Crippen molar-refractivity contribution in [2.45, 2.75) is 59.8 Å². The molecule has 0 saturated heterocycles. The number of pyridine rings is 1. The molecular formula is C31H34N6O. The molecule has 1 atom stereocenters. The van der Waals surface area contributed by atoms with E-state index in [1.165, 1.54) is 16.7 Å². The molecule has 0 bridgehead atoms. The predicted molar refractivity (Wildman–Crippen MR) is 151 cm³/mol. The topological polar surface area (TPSA) is 79.7 Å². The van der Waals surface area contributed by atoms with Crippen LogP contribution in [0.5, 0.6) is 0 Å². The zero-order valence-corrected chi connectivity index (χ0v) is 22.5. The van der Waals surface area contributed by atoms with Gasteiger partial charge in [-0.15, -0.1) is 5.10 Å². The molecule has 2 aromatic heterocycles. The number of aryl methyl sites for hydroxylation is 3. The lowest BCUT2D eigenvalue weighted by Crippen LogP contribution is -2.32. The van der Waals surface area contributed by atoms with Crippen molar-refractivity contribution >= 4 is 10.9 Å². The standard InChI is InChI=1S/C31H34N6O/c1-5-28(30-33-34-35-37(30)19-24-9-7-6-8-10-24)36(18-25-13-11-21(2)12-14-25)20-27-17-26-16-22(3)15-23(4)29(26)32-31(27)38/h6-17,28H,5,18-20H2,1-4H3,(H,32,38). The monoisotopic (exact) mass is 506 g/mol. The highest BCUT2D eigenvalue weighted by molar-refractivity contribution is 5.82. The van der Waals surface area contributed by atoms with Gasteiger partial charge in [0.15, 0.2) is 5.82 Å². The van der Waals surface area contributed by atoms with Crippen LogP contribution in [0.25, 0.3) is 10.9 Å². The minimum atomic E-state index is -0.0793. The molecule has 5 rings (SSSR count). The van der Waals surface area contributed by atoms with Crippen molar-refractivity contribution < 1.29 is 0 Å². The fraction of sp³-hybridized carbons (Fsp3) is 0.290. The minimum Gasteiger partial charge on any atom is -0.321 e. The first-order valence-electron chi connectivity index (χ1n) is 13.1. The van der Waals surface area contributed by atoms with Crippen LogP contribution in [0.15, 0.2) is 77.6 Å². The summed E-state index contributed by atoms with van der Waals surface area (Å²) >= 11 is 0. The van der Waals surface area contributed by atoms with Crippen LogP contribution < -0.4 is 5.56 Å². The molecule has 5 aromatic rings. The first-order chi connectivity index (χ1) is 18.4. The summed E-state index contributed by atoms with van der Waals surface area (Å²) in [4.78, 5) is 18.7. The Balaban J connectivity index is 1.54. The number of tetrazole rings is 1. The number of rotatable bonds is 9. The van der Waals surface area contributed by atoms with Gasteiger partial charge in [0.05, 0.1) is 18.1 Å². The third-order valence-corrected chi connectivity index (χ3v) is 7.11. The Kier molecular flexibility index (Phi) is 7.47. The average Bonchev–Trinajstić information content (AvgIpc) is 3.35. The summed E-state index contributed by atoms with van der Waals surface area (Å²) in [7, 11) is 0. The van der Waals surface area contributed by atoms with Crippen molar-refractivity contribution in [3.05, 3.63) is 122 Å². The summed E-state index contributed by atoms with van der Waals surface area (Å²) in [6, 6.07) is 25.0. The van der Waals surface area contributed by atoms with Gasteiger partial charge in [0.2, 0.25) is 0 Å². The zero-order chi connectivity index (χ0) is 26.6. The van der Waals surface area contributed by atoms with Gasteiger partial charge in [-0.05, 0) is 71.8 Å². The molecule has 194 valence electrons. The van der Waals surface area contributed by atoms with Gasteiger partial charge in [0, 0.05) is 18.7 Å². The fourth-order valence-corrected chi connectivity index (χ4v) is 5.20. The molecule has 0 aliphatic heterocycles. The van der Waals surface area contributed by atoms with Crippen molar-refractivity contribution in [3.63, 3.8) is 0 Å². The Bertz CT molecular complexity index is 1590. The first-order valence-corrected chi connectivity index (χ1v) is 13.1. The molecule has 3 aromatic carbocycles. The van der Waals surface area contributed by atoms with E-state index < -0.39 is 0 Å². The van der Waals surface area contributed by atoms with E-state index in [0.29, 0.717) is 19.6 Å². The van der Waals surface area contributed by atoms with E-state index in [2.05, 4.69) is 94.7 Å². The molecule has 0 saturated carbocycles. The van der Waals surface area contributed by atoms with Gasteiger partial charge in [-0.2, -0.15) is 0 Å². The Labute approximate surface area is 223 Å². The molecule has 0 spiro atoms. The SMILES string of the molecule is CCC(c1nnnn1Cc1ccccc1)N(Cc1ccc(C)cc1)Cc1cc2cc(C)cc(C)c2[nH]c1=O. The lowest BCUT2D eigenvalue weighted by Gasteiger charge is -2.30. The van der Waals surface area contributed by atoms with E-state index in [0.717, 1.165) is 39.8 Å². The quantitative estimate of drug-likeness (QED) is 0.280. The number of hydrogen-bond donors (Lipinski definition) is 1. The summed E-state index contributed by atoms with van der Waals surface area (Å²) in [6.45, 7) is 10.1. The van der Waals surface area contributed by atoms with E-state index in [1.807, 2.05) is 35.9 Å². The van der Waals surface area contributed by atoms with Crippen LogP contribution in [0.4, 0.5) is 0 Å². The van der Waals surface area contributed by atoms with Crippen LogP contribution in [0.1, 0.15) is 58.6 Å².